The van der Waals surface area contributed by atoms with E-state index in [2.05, 4.69) is 14.9 Å². The summed E-state index contributed by atoms with van der Waals surface area (Å²) in [6.45, 7) is 0.969. The molecule has 1 aliphatic heterocycles. The third-order valence-electron chi connectivity index (χ3n) is 4.42. The second-order valence-electron chi connectivity index (χ2n) is 6.01. The van der Waals surface area contributed by atoms with Crippen LogP contribution in [0.1, 0.15) is 12.5 Å². The second kappa shape index (κ2) is 6.43. The van der Waals surface area contributed by atoms with E-state index in [4.69, 9.17) is 16.0 Å². The lowest BCUT2D eigenvalue weighted by atomic mass is 10.2. The third kappa shape index (κ3) is 2.86. The van der Waals surface area contributed by atoms with Crippen LogP contribution in [0.3, 0.4) is 0 Å². The highest BCUT2D eigenvalue weighted by molar-refractivity contribution is 6.30. The van der Waals surface area contributed by atoms with Crippen LogP contribution < -0.4 is 5.32 Å². The van der Waals surface area contributed by atoms with Gasteiger partial charge in [-0.3, -0.25) is 0 Å². The maximum atomic E-state index is 9.30. The summed E-state index contributed by atoms with van der Waals surface area (Å²) in [4.78, 5) is 4.46. The van der Waals surface area contributed by atoms with Crippen LogP contribution in [-0.2, 0) is 0 Å². The molecule has 0 bridgehead atoms. The monoisotopic (exact) mass is 343 g/mol. The number of hydrogen-bond acceptors (Lipinski definition) is 4. The fourth-order valence-corrected chi connectivity index (χ4v) is 3.39. The van der Waals surface area contributed by atoms with Gasteiger partial charge in [0.15, 0.2) is 11.6 Å². The molecule has 0 radical (unpaired) electrons. The Kier molecular flexibility index (Phi) is 4.14. The average molecular weight is 344 g/mol. The maximum absolute atomic E-state index is 9.30. The topological polar surface area (TPSA) is 63.2 Å². The maximum Gasteiger partial charge on any atom is 0.176 e. The van der Waals surface area contributed by atoms with Gasteiger partial charge in [-0.25, -0.2) is 4.98 Å². The normalized spacial score (nSPS) is 20.6. The fraction of sp³-hybridized carbons (Fsp3) is 0.278. The van der Waals surface area contributed by atoms with Crippen LogP contribution in [0.15, 0.2) is 53.2 Å². The van der Waals surface area contributed by atoms with Crippen molar-refractivity contribution in [2.75, 3.05) is 13.2 Å². The minimum absolute atomic E-state index is 0.142. The molecular weight excluding hydrogens is 326 g/mol. The molecule has 124 valence electrons. The van der Waals surface area contributed by atoms with Crippen LogP contribution in [-0.4, -0.2) is 33.9 Å². The second-order valence-corrected chi connectivity index (χ2v) is 6.45. The number of halogens is 1. The largest absolute Gasteiger partial charge is 0.453 e. The van der Waals surface area contributed by atoms with E-state index < -0.39 is 0 Å². The van der Waals surface area contributed by atoms with Gasteiger partial charge in [0, 0.05) is 41.6 Å². The number of furan rings is 1. The molecule has 6 heteroatoms. The Morgan fingerprint density at radius 3 is 2.96 bits per heavy atom. The Morgan fingerprint density at radius 2 is 2.17 bits per heavy atom. The van der Waals surface area contributed by atoms with Gasteiger partial charge in [-0.05, 0) is 30.7 Å². The van der Waals surface area contributed by atoms with Crippen molar-refractivity contribution in [2.45, 2.75) is 18.5 Å². The minimum atomic E-state index is 0.142. The summed E-state index contributed by atoms with van der Waals surface area (Å²) >= 11 is 6.05. The van der Waals surface area contributed by atoms with Crippen LogP contribution in [0.2, 0.25) is 5.02 Å². The molecule has 2 atom stereocenters. The fourth-order valence-electron chi connectivity index (χ4n) is 3.20. The van der Waals surface area contributed by atoms with E-state index in [1.165, 1.54) is 0 Å². The quantitative estimate of drug-likeness (QED) is 0.762. The molecule has 2 aromatic heterocycles. The molecule has 24 heavy (non-hydrogen) atoms. The molecule has 4 rings (SSSR count). The summed E-state index contributed by atoms with van der Waals surface area (Å²) in [5, 5.41) is 13.3. The number of rotatable bonds is 4. The number of hydrogen-bond donors (Lipinski definition) is 2. The molecule has 0 spiro atoms. The zero-order chi connectivity index (χ0) is 16.5. The summed E-state index contributed by atoms with van der Waals surface area (Å²) in [5.41, 5.74) is 0.940. The lowest BCUT2D eigenvalue weighted by Crippen LogP contribution is -2.24. The van der Waals surface area contributed by atoms with Crippen molar-refractivity contribution < 1.29 is 9.52 Å². The molecule has 0 aliphatic carbocycles. The standard InChI is InChI=1S/C18H18ClN3O2/c19-13-3-1-2-12(8-13)16-4-5-17(24-16)18-20-6-7-22(18)15-9-14(11-23)21-10-15/h1-8,14-15,21,23H,9-11H2/t14-,15+/m0/s1. The summed E-state index contributed by atoms with van der Waals surface area (Å²) in [7, 11) is 0. The molecule has 1 fully saturated rings. The van der Waals surface area contributed by atoms with E-state index in [1.807, 2.05) is 42.6 Å². The molecule has 1 saturated heterocycles. The third-order valence-corrected chi connectivity index (χ3v) is 4.65. The van der Waals surface area contributed by atoms with Gasteiger partial charge >= 0.3 is 0 Å². The first kappa shape index (κ1) is 15.4. The Labute approximate surface area is 144 Å². The minimum Gasteiger partial charge on any atom is -0.453 e. The molecule has 1 aromatic carbocycles. The van der Waals surface area contributed by atoms with Crippen LogP contribution >= 0.6 is 11.6 Å². The Balaban J connectivity index is 1.63. The molecule has 5 nitrogen and oxygen atoms in total. The predicted octanol–water partition coefficient (Wildman–Crippen LogP) is 3.36. The van der Waals surface area contributed by atoms with E-state index in [1.54, 1.807) is 6.20 Å². The first-order valence-electron chi connectivity index (χ1n) is 7.98. The Bertz CT molecular complexity index is 842. The first-order chi connectivity index (χ1) is 11.7. The van der Waals surface area contributed by atoms with E-state index in [0.717, 1.165) is 35.9 Å². The van der Waals surface area contributed by atoms with Gasteiger partial charge < -0.3 is 19.4 Å². The number of imidazole rings is 1. The van der Waals surface area contributed by atoms with Gasteiger partial charge in [0.25, 0.3) is 0 Å². The van der Waals surface area contributed by atoms with Crippen LogP contribution in [0.5, 0.6) is 0 Å². The molecular formula is C18H18ClN3O2. The van der Waals surface area contributed by atoms with Crippen molar-refractivity contribution in [1.29, 1.82) is 0 Å². The highest BCUT2D eigenvalue weighted by atomic mass is 35.5. The molecule has 3 heterocycles. The van der Waals surface area contributed by atoms with E-state index in [0.29, 0.717) is 5.02 Å². The van der Waals surface area contributed by atoms with E-state index in [9.17, 15) is 5.11 Å². The van der Waals surface area contributed by atoms with Crippen molar-refractivity contribution in [3.8, 4) is 22.9 Å². The molecule has 0 saturated carbocycles. The lowest BCUT2D eigenvalue weighted by molar-refractivity contribution is 0.253. The van der Waals surface area contributed by atoms with E-state index >= 15 is 0 Å². The Morgan fingerprint density at radius 1 is 1.29 bits per heavy atom. The number of aromatic nitrogens is 2. The number of nitrogens with zero attached hydrogens (tertiary/aromatic N) is 2. The van der Waals surface area contributed by atoms with Crippen molar-refractivity contribution in [2.24, 2.45) is 0 Å². The van der Waals surface area contributed by atoms with Crippen molar-refractivity contribution in [3.63, 3.8) is 0 Å². The highest BCUT2D eigenvalue weighted by Crippen LogP contribution is 2.31. The number of benzene rings is 1. The van der Waals surface area contributed by atoms with Gasteiger partial charge in [0.2, 0.25) is 0 Å². The van der Waals surface area contributed by atoms with Crippen molar-refractivity contribution in [3.05, 3.63) is 53.8 Å². The number of aliphatic hydroxyl groups excluding tert-OH is 1. The average Bonchev–Trinajstić information content (AvgIpc) is 3.33. The zero-order valence-corrected chi connectivity index (χ0v) is 13.8. The molecule has 3 aromatic rings. The smallest absolute Gasteiger partial charge is 0.176 e. The molecule has 0 unspecified atom stereocenters. The van der Waals surface area contributed by atoms with Crippen LogP contribution in [0.4, 0.5) is 0 Å². The highest BCUT2D eigenvalue weighted by Gasteiger charge is 2.27. The van der Waals surface area contributed by atoms with Gasteiger partial charge in [0.05, 0.1) is 6.61 Å². The SMILES string of the molecule is OC[C@@H]1C[C@@H](n2ccnc2-c2ccc(-c3cccc(Cl)c3)o2)CN1. The van der Waals surface area contributed by atoms with Crippen molar-refractivity contribution in [1.82, 2.24) is 14.9 Å². The number of nitrogens with one attached hydrogen (secondary N) is 1. The zero-order valence-electron chi connectivity index (χ0n) is 13.0. The van der Waals surface area contributed by atoms with Gasteiger partial charge in [-0.1, -0.05) is 23.7 Å². The summed E-state index contributed by atoms with van der Waals surface area (Å²) in [5.74, 6) is 2.29. The molecule has 1 aliphatic rings. The van der Waals surface area contributed by atoms with Gasteiger partial charge in [0.1, 0.15) is 5.76 Å². The Hall–Kier alpha value is -2.08. The molecule has 2 N–H and O–H groups in total. The predicted molar refractivity (Wildman–Crippen MR) is 92.9 cm³/mol. The van der Waals surface area contributed by atoms with Crippen LogP contribution in [0, 0.1) is 0 Å². The summed E-state index contributed by atoms with van der Waals surface area (Å²) in [6, 6.07) is 11.9. The van der Waals surface area contributed by atoms with Gasteiger partial charge in [-0.2, -0.15) is 0 Å². The van der Waals surface area contributed by atoms with Crippen LogP contribution in [0.25, 0.3) is 22.9 Å². The summed E-state index contributed by atoms with van der Waals surface area (Å²) in [6.07, 6.45) is 4.62. The molecule has 0 amide bonds. The number of aliphatic hydroxyl groups is 1. The summed E-state index contributed by atoms with van der Waals surface area (Å²) < 4.78 is 8.13. The van der Waals surface area contributed by atoms with E-state index in [-0.39, 0.29) is 18.7 Å². The van der Waals surface area contributed by atoms with Gasteiger partial charge in [-0.15, -0.1) is 0 Å². The lowest BCUT2D eigenvalue weighted by Gasteiger charge is -2.13. The first-order valence-corrected chi connectivity index (χ1v) is 8.35. The van der Waals surface area contributed by atoms with Crippen molar-refractivity contribution >= 4 is 11.6 Å².